The summed E-state index contributed by atoms with van der Waals surface area (Å²) in [4.78, 5) is 0. The lowest BCUT2D eigenvalue weighted by Crippen LogP contribution is -2.40. The van der Waals surface area contributed by atoms with Crippen LogP contribution >= 0.6 is 0 Å². The molecule has 2 unspecified atom stereocenters. The minimum atomic E-state index is -3.00. The Bertz CT molecular complexity index is 453. The second-order valence-electron chi connectivity index (χ2n) is 4.49. The molecule has 2 atom stereocenters. The topological polar surface area (TPSA) is 64.0 Å². The summed E-state index contributed by atoms with van der Waals surface area (Å²) in [6, 6.07) is -0.0230. The first-order valence-corrected chi connectivity index (χ1v) is 7.63. The van der Waals surface area contributed by atoms with E-state index >= 15 is 0 Å². The van der Waals surface area contributed by atoms with Crippen molar-refractivity contribution in [2.75, 3.05) is 13.3 Å². The van der Waals surface area contributed by atoms with E-state index in [9.17, 15) is 8.42 Å². The van der Waals surface area contributed by atoms with Gasteiger partial charge >= 0.3 is 0 Å². The fraction of sp³-hybridized carbons (Fsp3) is 0.727. The molecule has 1 aromatic rings. The highest BCUT2D eigenvalue weighted by molar-refractivity contribution is 7.91. The maximum Gasteiger partial charge on any atom is 0.151 e. The lowest BCUT2D eigenvalue weighted by atomic mass is 10.1. The predicted octanol–water partition coefficient (Wildman–Crippen LogP) is 0.374. The Hall–Kier alpha value is -0.880. The third-order valence-corrected chi connectivity index (χ3v) is 4.79. The number of rotatable bonds is 6. The van der Waals surface area contributed by atoms with E-state index in [1.165, 1.54) is 6.26 Å². The minimum Gasteiger partial charge on any atom is -0.316 e. The highest BCUT2D eigenvalue weighted by Crippen LogP contribution is 2.11. The molecular weight excluding hydrogens is 238 g/mol. The van der Waals surface area contributed by atoms with E-state index in [-0.39, 0.29) is 11.3 Å². The van der Waals surface area contributed by atoms with Gasteiger partial charge in [-0.05, 0) is 32.4 Å². The Balaban J connectivity index is 2.59. The largest absolute Gasteiger partial charge is 0.316 e. The molecule has 1 heterocycles. The van der Waals surface area contributed by atoms with Gasteiger partial charge in [0.2, 0.25) is 0 Å². The summed E-state index contributed by atoms with van der Waals surface area (Å²) in [6.45, 7) is 1.75. The lowest BCUT2D eigenvalue weighted by molar-refractivity contribution is 0.492. The van der Waals surface area contributed by atoms with E-state index in [2.05, 4.69) is 10.4 Å². The van der Waals surface area contributed by atoms with Crippen molar-refractivity contribution in [1.29, 1.82) is 0 Å². The van der Waals surface area contributed by atoms with Crippen molar-refractivity contribution in [1.82, 2.24) is 15.1 Å². The zero-order valence-electron chi connectivity index (χ0n) is 10.8. The number of hydrogen-bond acceptors (Lipinski definition) is 4. The van der Waals surface area contributed by atoms with E-state index < -0.39 is 9.84 Å². The summed E-state index contributed by atoms with van der Waals surface area (Å²) in [5.74, 6) is 0. The maximum absolute atomic E-state index is 11.5. The van der Waals surface area contributed by atoms with Gasteiger partial charge in [0.15, 0.2) is 9.84 Å². The number of aromatic nitrogens is 2. The molecule has 0 bridgehead atoms. The van der Waals surface area contributed by atoms with Crippen molar-refractivity contribution < 1.29 is 8.42 Å². The summed E-state index contributed by atoms with van der Waals surface area (Å²) in [5, 5.41) is 6.80. The average molecular weight is 259 g/mol. The Morgan fingerprint density at radius 1 is 1.53 bits per heavy atom. The van der Waals surface area contributed by atoms with Crippen LogP contribution < -0.4 is 5.32 Å². The van der Waals surface area contributed by atoms with E-state index in [4.69, 9.17) is 0 Å². The van der Waals surface area contributed by atoms with Crippen molar-refractivity contribution in [2.45, 2.75) is 31.1 Å². The van der Waals surface area contributed by atoms with Crippen LogP contribution in [0, 0.1) is 0 Å². The second-order valence-corrected chi connectivity index (χ2v) is 6.89. The first-order valence-electron chi connectivity index (χ1n) is 5.68. The van der Waals surface area contributed by atoms with Crippen LogP contribution in [0.2, 0.25) is 0 Å². The minimum absolute atomic E-state index is 0.0230. The lowest BCUT2D eigenvalue weighted by Gasteiger charge is -2.21. The molecule has 5 nitrogen and oxygen atoms in total. The summed E-state index contributed by atoms with van der Waals surface area (Å²) in [5.41, 5.74) is 1.13. The normalized spacial score (nSPS) is 15.8. The van der Waals surface area contributed by atoms with Gasteiger partial charge in [0.1, 0.15) is 0 Å². The van der Waals surface area contributed by atoms with Crippen molar-refractivity contribution in [3.05, 3.63) is 18.0 Å². The molecule has 1 aromatic heterocycles. The highest BCUT2D eigenvalue weighted by atomic mass is 32.2. The third-order valence-electron chi connectivity index (χ3n) is 3.12. The van der Waals surface area contributed by atoms with Crippen LogP contribution in [0.25, 0.3) is 0 Å². The smallest absolute Gasteiger partial charge is 0.151 e. The molecule has 0 aliphatic rings. The van der Waals surface area contributed by atoms with Gasteiger partial charge in [0, 0.05) is 25.5 Å². The molecule has 0 aliphatic heterocycles. The van der Waals surface area contributed by atoms with Crippen LogP contribution in [-0.4, -0.2) is 42.8 Å². The molecule has 0 amide bonds. The average Bonchev–Trinajstić information content (AvgIpc) is 2.63. The fourth-order valence-corrected chi connectivity index (χ4v) is 2.70. The Morgan fingerprint density at radius 3 is 2.59 bits per heavy atom. The molecule has 1 N–H and O–H groups in total. The third kappa shape index (κ3) is 4.12. The summed E-state index contributed by atoms with van der Waals surface area (Å²) in [6.07, 6.45) is 6.68. The predicted molar refractivity (Wildman–Crippen MR) is 68.7 cm³/mol. The number of nitrogens with zero attached hydrogens (tertiary/aromatic N) is 2. The summed E-state index contributed by atoms with van der Waals surface area (Å²) in [7, 11) is 0.678. The highest BCUT2D eigenvalue weighted by Gasteiger charge is 2.24. The van der Waals surface area contributed by atoms with Gasteiger partial charge in [-0.3, -0.25) is 4.68 Å². The maximum atomic E-state index is 11.5. The molecular formula is C11H21N3O2S. The van der Waals surface area contributed by atoms with Crippen LogP contribution in [0.1, 0.15) is 18.9 Å². The van der Waals surface area contributed by atoms with E-state index in [1.54, 1.807) is 18.7 Å². The fourth-order valence-electron chi connectivity index (χ4n) is 1.84. The van der Waals surface area contributed by atoms with Crippen molar-refractivity contribution >= 4 is 9.84 Å². The number of nitrogens with one attached hydrogen (secondary N) is 1. The number of hydrogen-bond donors (Lipinski definition) is 1. The first kappa shape index (κ1) is 14.2. The van der Waals surface area contributed by atoms with Gasteiger partial charge in [0.25, 0.3) is 0 Å². The molecule has 1 rings (SSSR count). The van der Waals surface area contributed by atoms with Gasteiger partial charge in [-0.2, -0.15) is 5.10 Å². The van der Waals surface area contributed by atoms with Crippen molar-refractivity contribution in [2.24, 2.45) is 7.05 Å². The molecule has 98 valence electrons. The van der Waals surface area contributed by atoms with E-state index in [0.717, 1.165) is 18.4 Å². The molecule has 17 heavy (non-hydrogen) atoms. The molecule has 0 fully saturated rings. The first-order chi connectivity index (χ1) is 7.84. The molecule has 0 radical (unpaired) electrons. The van der Waals surface area contributed by atoms with Crippen molar-refractivity contribution in [3.8, 4) is 0 Å². The summed E-state index contributed by atoms with van der Waals surface area (Å²) < 4.78 is 24.7. The van der Waals surface area contributed by atoms with Crippen molar-refractivity contribution in [3.63, 3.8) is 0 Å². The molecule has 0 saturated carbocycles. The Morgan fingerprint density at radius 2 is 2.18 bits per heavy atom. The molecule has 0 spiro atoms. The zero-order valence-corrected chi connectivity index (χ0v) is 11.7. The van der Waals surface area contributed by atoms with Crippen LogP contribution in [0.4, 0.5) is 0 Å². The van der Waals surface area contributed by atoms with Crippen LogP contribution in [0.5, 0.6) is 0 Å². The van der Waals surface area contributed by atoms with Crippen LogP contribution in [0.3, 0.4) is 0 Å². The van der Waals surface area contributed by atoms with E-state index in [1.807, 2.05) is 19.4 Å². The SMILES string of the molecule is CNC(CCc1cnn(C)c1)C(C)S(C)(=O)=O. The van der Waals surface area contributed by atoms with Gasteiger partial charge in [0.05, 0.1) is 11.4 Å². The molecule has 6 heteroatoms. The standard InChI is InChI=1S/C11H21N3O2S/c1-9(17(4,15)16)11(12-2)6-5-10-7-13-14(3)8-10/h7-9,11-12H,5-6H2,1-4H3. The van der Waals surface area contributed by atoms with Crippen LogP contribution in [-0.2, 0) is 23.3 Å². The molecule has 0 saturated heterocycles. The second kappa shape index (κ2) is 5.64. The monoisotopic (exact) mass is 259 g/mol. The number of sulfone groups is 1. The van der Waals surface area contributed by atoms with Crippen LogP contribution in [0.15, 0.2) is 12.4 Å². The van der Waals surface area contributed by atoms with Gasteiger partial charge in [-0.15, -0.1) is 0 Å². The van der Waals surface area contributed by atoms with Gasteiger partial charge < -0.3 is 5.32 Å². The summed E-state index contributed by atoms with van der Waals surface area (Å²) >= 11 is 0. The zero-order chi connectivity index (χ0) is 13.1. The van der Waals surface area contributed by atoms with Gasteiger partial charge in [-0.25, -0.2) is 8.42 Å². The molecule has 0 aromatic carbocycles. The number of aryl methyl sites for hydroxylation is 2. The Kier molecular flexibility index (Phi) is 4.70. The van der Waals surface area contributed by atoms with Gasteiger partial charge in [-0.1, -0.05) is 0 Å². The Labute approximate surface area is 103 Å². The van der Waals surface area contributed by atoms with E-state index in [0.29, 0.717) is 0 Å². The molecule has 0 aliphatic carbocycles. The quantitative estimate of drug-likeness (QED) is 0.802.